The summed E-state index contributed by atoms with van der Waals surface area (Å²) in [7, 11) is 1.29. The third kappa shape index (κ3) is 4.56. The first-order valence-corrected chi connectivity index (χ1v) is 14.3. The maximum atomic E-state index is 13.1. The third-order valence-corrected chi connectivity index (χ3v) is 9.07. The maximum absolute atomic E-state index is 13.1. The zero-order valence-electron chi connectivity index (χ0n) is 20.3. The van der Waals surface area contributed by atoms with E-state index in [1.165, 1.54) is 23.8 Å². The Morgan fingerprint density at radius 3 is 2.87 bits per heavy atom. The maximum Gasteiger partial charge on any atom is 0.352 e. The van der Waals surface area contributed by atoms with E-state index in [0.29, 0.717) is 17.9 Å². The lowest BCUT2D eigenvalue weighted by Gasteiger charge is -2.49. The summed E-state index contributed by atoms with van der Waals surface area (Å²) in [6, 6.07) is 3.02. The zero-order valence-corrected chi connectivity index (χ0v) is 22.8. The highest BCUT2D eigenvalue weighted by Gasteiger charge is 2.55. The Labute approximate surface area is 229 Å². The van der Waals surface area contributed by atoms with Crippen molar-refractivity contribution in [2.45, 2.75) is 24.9 Å². The molecule has 0 spiro atoms. The monoisotopic (exact) mass is 574 g/mol. The van der Waals surface area contributed by atoms with E-state index < -0.39 is 29.2 Å². The molecule has 1 saturated heterocycles. The number of nitrogens with one attached hydrogen (secondary N) is 2. The molecule has 5 rings (SSSR count). The molecule has 5 heterocycles. The number of hydrogen-bond acceptors (Lipinski definition) is 11. The van der Waals surface area contributed by atoms with Crippen LogP contribution in [0, 0.1) is 0 Å². The predicted octanol–water partition coefficient (Wildman–Crippen LogP) is 1.45. The summed E-state index contributed by atoms with van der Waals surface area (Å²) < 4.78 is 2.00. The molecule has 2 aliphatic heterocycles. The number of nitrogen functional groups attached to an aromatic ring is 1. The van der Waals surface area contributed by atoms with E-state index in [4.69, 9.17) is 10.6 Å². The molecule has 0 bridgehead atoms. The second-order valence-corrected chi connectivity index (χ2v) is 11.2. The van der Waals surface area contributed by atoms with Crippen LogP contribution in [0.4, 0.5) is 10.8 Å². The van der Waals surface area contributed by atoms with E-state index in [-0.39, 0.29) is 22.2 Å². The summed E-state index contributed by atoms with van der Waals surface area (Å²) in [6.45, 7) is 3.14. The van der Waals surface area contributed by atoms with E-state index in [1.807, 2.05) is 35.2 Å². The molecule has 3 aromatic rings. The Balaban J connectivity index is 1.38. The van der Waals surface area contributed by atoms with Crippen molar-refractivity contribution in [1.82, 2.24) is 15.2 Å². The number of carbonyl (C=O) groups is 3. The zero-order chi connectivity index (χ0) is 27.0. The number of rotatable bonds is 9. The molecule has 2 amide bonds. The molecule has 2 aliphatic rings. The van der Waals surface area contributed by atoms with Gasteiger partial charge < -0.3 is 26.3 Å². The standard InChI is InChI=1S/C23H23N7O5S3/c1-3-25-13-9-37-20-12(13)5-4-6-29(20)7-11-8-36-21-16(19(32)30(21)17(11)22(33)34)27-18(31)15(28-35-2)14-10-38-23(24)26-14/h4-6,9-10,16,21,25H,3,7-8H2,1-2H3,(H3-,24,26,27,31,33,34)/p+1/b28-15-/t16?,21-/m1/s1. The lowest BCUT2D eigenvalue weighted by Crippen LogP contribution is -2.71. The molecule has 3 aromatic heterocycles. The summed E-state index contributed by atoms with van der Waals surface area (Å²) in [4.78, 5) is 49.5. The normalized spacial score (nSPS) is 19.3. The van der Waals surface area contributed by atoms with Crippen LogP contribution in [0.2, 0.25) is 0 Å². The molecule has 2 atom stereocenters. The number of thioether (sulfide) groups is 1. The second-order valence-electron chi connectivity index (χ2n) is 8.35. The number of carboxylic acids is 1. The van der Waals surface area contributed by atoms with Crippen molar-refractivity contribution in [3.63, 3.8) is 0 Å². The molecule has 1 unspecified atom stereocenters. The Morgan fingerprint density at radius 2 is 2.18 bits per heavy atom. The van der Waals surface area contributed by atoms with Crippen LogP contribution >= 0.6 is 34.4 Å². The SMILES string of the molecule is CCNc1csc2c1ccc[n+]2CC1=C(C(=O)O)N2C(=O)C(NC(=O)/C(=N\OC)c3csc(N)n3)[C@H]2SC1. The lowest BCUT2D eigenvalue weighted by molar-refractivity contribution is -0.661. The lowest BCUT2D eigenvalue weighted by atomic mass is 10.0. The number of thiophene rings is 1. The Kier molecular flexibility index (Phi) is 7.23. The minimum Gasteiger partial charge on any atom is -0.477 e. The number of carbonyl (C=O) groups excluding carboxylic acids is 2. The van der Waals surface area contributed by atoms with Crippen molar-refractivity contribution < 1.29 is 28.9 Å². The van der Waals surface area contributed by atoms with Crippen molar-refractivity contribution in [2.24, 2.45) is 5.16 Å². The first kappa shape index (κ1) is 25.9. The van der Waals surface area contributed by atoms with Crippen LogP contribution in [0.5, 0.6) is 0 Å². The molecule has 198 valence electrons. The second kappa shape index (κ2) is 10.6. The highest BCUT2D eigenvalue weighted by atomic mass is 32.2. The number of thiazole rings is 1. The van der Waals surface area contributed by atoms with Gasteiger partial charge in [-0.3, -0.25) is 14.5 Å². The van der Waals surface area contributed by atoms with E-state index in [1.54, 1.807) is 16.7 Å². The summed E-state index contributed by atoms with van der Waals surface area (Å²) in [6.07, 6.45) is 1.90. The van der Waals surface area contributed by atoms with Crippen molar-refractivity contribution in [3.8, 4) is 0 Å². The number of nitrogens with two attached hydrogens (primary N) is 1. The highest BCUT2D eigenvalue weighted by Crippen LogP contribution is 2.40. The van der Waals surface area contributed by atoms with Gasteiger partial charge in [-0.2, -0.15) is 4.57 Å². The topological polar surface area (TPSA) is 163 Å². The average molecular weight is 575 g/mol. The van der Waals surface area contributed by atoms with Crippen molar-refractivity contribution in [1.29, 1.82) is 0 Å². The molecule has 0 radical (unpaired) electrons. The van der Waals surface area contributed by atoms with Crippen LogP contribution in [-0.2, 0) is 25.8 Å². The summed E-state index contributed by atoms with van der Waals surface area (Å²) >= 11 is 4.11. The molecule has 15 heteroatoms. The molecule has 1 fully saturated rings. The van der Waals surface area contributed by atoms with Gasteiger partial charge in [0.1, 0.15) is 29.9 Å². The smallest absolute Gasteiger partial charge is 0.352 e. The van der Waals surface area contributed by atoms with Crippen molar-refractivity contribution >= 4 is 79.0 Å². The highest BCUT2D eigenvalue weighted by molar-refractivity contribution is 8.00. The van der Waals surface area contributed by atoms with E-state index in [9.17, 15) is 19.5 Å². The number of anilines is 2. The van der Waals surface area contributed by atoms with Gasteiger partial charge in [-0.1, -0.05) is 16.5 Å². The summed E-state index contributed by atoms with van der Waals surface area (Å²) in [5.41, 5.74) is 7.36. The van der Waals surface area contributed by atoms with Gasteiger partial charge in [0.25, 0.3) is 16.6 Å². The number of aromatic nitrogens is 2. The fourth-order valence-electron chi connectivity index (χ4n) is 4.42. The number of fused-ring (bicyclic) bond motifs is 2. The van der Waals surface area contributed by atoms with Crippen LogP contribution < -0.4 is 20.9 Å². The average Bonchev–Trinajstić information content (AvgIpc) is 3.52. The van der Waals surface area contributed by atoms with Crippen molar-refractivity contribution in [3.05, 3.63) is 46.1 Å². The van der Waals surface area contributed by atoms with Gasteiger partial charge >= 0.3 is 5.97 Å². The van der Waals surface area contributed by atoms with Gasteiger partial charge in [0.2, 0.25) is 0 Å². The first-order chi connectivity index (χ1) is 18.3. The molecule has 38 heavy (non-hydrogen) atoms. The van der Waals surface area contributed by atoms with Crippen molar-refractivity contribution in [2.75, 3.05) is 30.5 Å². The third-order valence-electron chi connectivity index (χ3n) is 6.03. The van der Waals surface area contributed by atoms with Crippen LogP contribution in [0.15, 0.2) is 45.5 Å². The molecule has 12 nitrogen and oxygen atoms in total. The van der Waals surface area contributed by atoms with Gasteiger partial charge in [0, 0.05) is 34.7 Å². The minimum absolute atomic E-state index is 0.0460. The molecular formula is C23H24N7O5S3+. The fourth-order valence-corrected chi connectivity index (χ4v) is 7.30. The molecule has 0 aliphatic carbocycles. The van der Waals surface area contributed by atoms with Gasteiger partial charge in [-0.15, -0.1) is 23.1 Å². The predicted molar refractivity (Wildman–Crippen MR) is 146 cm³/mol. The van der Waals surface area contributed by atoms with Crippen LogP contribution in [0.3, 0.4) is 0 Å². The first-order valence-electron chi connectivity index (χ1n) is 11.5. The van der Waals surface area contributed by atoms with Crippen LogP contribution in [0.1, 0.15) is 12.6 Å². The number of aliphatic carboxylic acids is 1. The Hall–Kier alpha value is -3.69. The number of nitrogens with zero attached hydrogens (tertiary/aromatic N) is 4. The summed E-state index contributed by atoms with van der Waals surface area (Å²) in [5, 5.41) is 24.1. The van der Waals surface area contributed by atoms with E-state index >= 15 is 0 Å². The van der Waals surface area contributed by atoms with Crippen LogP contribution in [0.25, 0.3) is 10.2 Å². The summed E-state index contributed by atoms with van der Waals surface area (Å²) in [5.74, 6) is -1.97. The van der Waals surface area contributed by atoms with E-state index in [2.05, 4.69) is 20.8 Å². The van der Waals surface area contributed by atoms with Gasteiger partial charge in [-0.05, 0) is 13.0 Å². The molecule has 5 N–H and O–H groups in total. The quantitative estimate of drug-likeness (QED) is 0.128. The van der Waals surface area contributed by atoms with Gasteiger partial charge in [0.05, 0.1) is 11.1 Å². The number of amides is 2. The molecule has 0 aromatic carbocycles. The number of β-lactam (4-membered cyclic amide) rings is 1. The fraction of sp³-hybridized carbons (Fsp3) is 0.304. The number of pyridine rings is 1. The van der Waals surface area contributed by atoms with E-state index in [0.717, 1.165) is 33.8 Å². The largest absolute Gasteiger partial charge is 0.477 e. The number of oxime groups is 1. The van der Waals surface area contributed by atoms with Gasteiger partial charge in [-0.25, -0.2) is 9.78 Å². The number of carboxylic acid groups (broad SMARTS) is 1. The van der Waals surface area contributed by atoms with Gasteiger partial charge in [0.15, 0.2) is 23.6 Å². The molecule has 0 saturated carbocycles. The number of hydrogen-bond donors (Lipinski definition) is 4. The van der Waals surface area contributed by atoms with Crippen LogP contribution in [-0.4, -0.2) is 69.3 Å². The Morgan fingerprint density at radius 1 is 1.37 bits per heavy atom. The minimum atomic E-state index is -1.18. The molecular weight excluding hydrogens is 550 g/mol. The Bertz CT molecular complexity index is 1500.